The molecule has 1 unspecified atom stereocenters. The van der Waals surface area contributed by atoms with E-state index in [0.29, 0.717) is 24.3 Å². The van der Waals surface area contributed by atoms with Crippen LogP contribution in [0.5, 0.6) is 5.75 Å². The van der Waals surface area contributed by atoms with Gasteiger partial charge in [-0.05, 0) is 36.6 Å². The Morgan fingerprint density at radius 2 is 1.88 bits per heavy atom. The van der Waals surface area contributed by atoms with Crippen LogP contribution in [0.2, 0.25) is 0 Å². The minimum Gasteiger partial charge on any atom is -0.484 e. The molecular formula is C19H19NO4. The number of amides is 1. The van der Waals surface area contributed by atoms with Gasteiger partial charge in [-0.1, -0.05) is 42.0 Å². The molecular weight excluding hydrogens is 306 g/mol. The highest BCUT2D eigenvalue weighted by Crippen LogP contribution is 2.30. The van der Waals surface area contributed by atoms with Crippen molar-refractivity contribution < 1.29 is 19.4 Å². The van der Waals surface area contributed by atoms with Crippen molar-refractivity contribution >= 4 is 11.9 Å². The van der Waals surface area contributed by atoms with Gasteiger partial charge in [-0.25, -0.2) is 4.79 Å². The molecule has 3 rings (SSSR count). The molecule has 124 valence electrons. The molecule has 2 aromatic rings. The first kappa shape index (κ1) is 16.1. The summed E-state index contributed by atoms with van der Waals surface area (Å²) in [6.45, 7) is 2.18. The van der Waals surface area contributed by atoms with E-state index in [2.05, 4.69) is 0 Å². The lowest BCUT2D eigenvalue weighted by molar-refractivity contribution is -0.152. The van der Waals surface area contributed by atoms with Crippen LogP contribution < -0.4 is 4.74 Å². The molecule has 24 heavy (non-hydrogen) atoms. The van der Waals surface area contributed by atoms with Gasteiger partial charge in [-0.15, -0.1) is 0 Å². The Morgan fingerprint density at radius 3 is 2.58 bits per heavy atom. The van der Waals surface area contributed by atoms with Crippen LogP contribution in [0.25, 0.3) is 0 Å². The quantitative estimate of drug-likeness (QED) is 0.938. The van der Waals surface area contributed by atoms with Crippen LogP contribution in [-0.4, -0.2) is 35.0 Å². The van der Waals surface area contributed by atoms with Crippen molar-refractivity contribution in [3.8, 4) is 5.75 Å². The highest BCUT2D eigenvalue weighted by atomic mass is 16.5. The first-order valence-electron chi connectivity index (χ1n) is 7.86. The van der Waals surface area contributed by atoms with Crippen molar-refractivity contribution in [2.45, 2.75) is 19.4 Å². The number of aliphatic carboxylic acids is 1. The Hall–Kier alpha value is -2.82. The summed E-state index contributed by atoms with van der Waals surface area (Å²) in [7, 11) is 0. The van der Waals surface area contributed by atoms with Gasteiger partial charge in [0.2, 0.25) is 0 Å². The molecule has 5 heteroatoms. The minimum absolute atomic E-state index is 0.172. The fraction of sp³-hybridized carbons (Fsp3) is 0.263. The molecule has 0 saturated carbocycles. The van der Waals surface area contributed by atoms with E-state index >= 15 is 0 Å². The minimum atomic E-state index is -1.02. The van der Waals surface area contributed by atoms with E-state index < -0.39 is 12.0 Å². The van der Waals surface area contributed by atoms with E-state index in [1.165, 1.54) is 4.90 Å². The zero-order valence-electron chi connectivity index (χ0n) is 13.4. The summed E-state index contributed by atoms with van der Waals surface area (Å²) in [5.41, 5.74) is 2.76. The van der Waals surface area contributed by atoms with Crippen LogP contribution in [0.1, 0.15) is 22.7 Å². The molecule has 1 aliphatic heterocycles. The third-order valence-corrected chi connectivity index (χ3v) is 4.22. The summed E-state index contributed by atoms with van der Waals surface area (Å²) < 4.78 is 5.51. The second-order valence-electron chi connectivity index (χ2n) is 5.88. The third-order valence-electron chi connectivity index (χ3n) is 4.22. The van der Waals surface area contributed by atoms with Crippen molar-refractivity contribution in [2.24, 2.45) is 0 Å². The molecule has 1 aliphatic rings. The van der Waals surface area contributed by atoms with Gasteiger partial charge in [0.05, 0.1) is 0 Å². The zero-order chi connectivity index (χ0) is 17.1. The van der Waals surface area contributed by atoms with Gasteiger partial charge in [0, 0.05) is 6.54 Å². The van der Waals surface area contributed by atoms with Crippen molar-refractivity contribution in [1.29, 1.82) is 0 Å². The first-order chi connectivity index (χ1) is 11.6. The normalized spacial score (nSPS) is 16.4. The fourth-order valence-electron chi connectivity index (χ4n) is 2.96. The second kappa shape index (κ2) is 6.74. The number of rotatable bonds is 4. The monoisotopic (exact) mass is 325 g/mol. The molecule has 1 amide bonds. The summed E-state index contributed by atoms with van der Waals surface area (Å²) in [6.07, 6.45) is 0.649. The maximum absolute atomic E-state index is 12.5. The van der Waals surface area contributed by atoms with Crippen LogP contribution in [0, 0.1) is 6.92 Å². The predicted octanol–water partition coefficient (Wildman–Crippen LogP) is 2.58. The summed E-state index contributed by atoms with van der Waals surface area (Å²) in [5.74, 6) is -0.749. The number of benzene rings is 2. The maximum Gasteiger partial charge on any atom is 0.331 e. The lowest BCUT2D eigenvalue weighted by Crippen LogP contribution is -2.45. The number of carbonyl (C=O) groups excluding carboxylic acids is 1. The lowest BCUT2D eigenvalue weighted by Gasteiger charge is -2.34. The van der Waals surface area contributed by atoms with Gasteiger partial charge in [0.1, 0.15) is 5.75 Å². The number of hydrogen-bond acceptors (Lipinski definition) is 3. The molecule has 0 saturated heterocycles. The fourth-order valence-corrected chi connectivity index (χ4v) is 2.96. The Morgan fingerprint density at radius 1 is 1.17 bits per heavy atom. The van der Waals surface area contributed by atoms with Crippen LogP contribution in [0.3, 0.4) is 0 Å². The van der Waals surface area contributed by atoms with Gasteiger partial charge in [-0.3, -0.25) is 4.79 Å². The Bertz CT molecular complexity index is 754. The molecule has 1 atom stereocenters. The van der Waals surface area contributed by atoms with Crippen molar-refractivity contribution in [1.82, 2.24) is 4.90 Å². The van der Waals surface area contributed by atoms with Gasteiger partial charge in [0.15, 0.2) is 12.6 Å². The van der Waals surface area contributed by atoms with E-state index in [9.17, 15) is 14.7 Å². The number of carboxylic acids is 1. The molecule has 0 spiro atoms. The number of hydrogen-bond donors (Lipinski definition) is 1. The average molecular weight is 325 g/mol. The highest BCUT2D eigenvalue weighted by molar-refractivity contribution is 5.86. The topological polar surface area (TPSA) is 66.8 Å². The number of aryl methyl sites for hydroxylation is 1. The smallest absolute Gasteiger partial charge is 0.331 e. The van der Waals surface area contributed by atoms with Crippen LogP contribution in [-0.2, 0) is 16.0 Å². The van der Waals surface area contributed by atoms with E-state index in [0.717, 1.165) is 11.1 Å². The van der Waals surface area contributed by atoms with Crippen molar-refractivity contribution in [3.63, 3.8) is 0 Å². The third kappa shape index (κ3) is 3.25. The van der Waals surface area contributed by atoms with E-state index in [1.807, 2.05) is 31.2 Å². The molecule has 0 fully saturated rings. The SMILES string of the molecule is Cc1ccc(OCC(=O)N2CCc3ccccc3C2C(=O)O)cc1. The average Bonchev–Trinajstić information content (AvgIpc) is 2.59. The Labute approximate surface area is 140 Å². The predicted molar refractivity (Wildman–Crippen MR) is 88.9 cm³/mol. The zero-order valence-corrected chi connectivity index (χ0v) is 13.4. The molecule has 5 nitrogen and oxygen atoms in total. The van der Waals surface area contributed by atoms with E-state index in [-0.39, 0.29) is 12.5 Å². The highest BCUT2D eigenvalue weighted by Gasteiger charge is 2.35. The van der Waals surface area contributed by atoms with Gasteiger partial charge < -0.3 is 14.7 Å². The van der Waals surface area contributed by atoms with E-state index in [1.54, 1.807) is 24.3 Å². The van der Waals surface area contributed by atoms with Crippen LogP contribution in [0.4, 0.5) is 0 Å². The first-order valence-corrected chi connectivity index (χ1v) is 7.86. The number of ether oxygens (including phenoxy) is 1. The Kier molecular flexibility index (Phi) is 4.51. The summed E-state index contributed by atoms with van der Waals surface area (Å²) in [4.78, 5) is 25.6. The number of fused-ring (bicyclic) bond motifs is 1. The Balaban J connectivity index is 1.74. The van der Waals surface area contributed by atoms with E-state index in [4.69, 9.17) is 4.74 Å². The molecule has 1 N–H and O–H groups in total. The van der Waals surface area contributed by atoms with Crippen LogP contribution in [0.15, 0.2) is 48.5 Å². The van der Waals surface area contributed by atoms with Gasteiger partial charge in [-0.2, -0.15) is 0 Å². The molecule has 0 aliphatic carbocycles. The second-order valence-corrected chi connectivity index (χ2v) is 5.88. The largest absolute Gasteiger partial charge is 0.484 e. The van der Waals surface area contributed by atoms with Crippen molar-refractivity contribution in [2.75, 3.05) is 13.2 Å². The molecule has 0 aromatic heterocycles. The summed E-state index contributed by atoms with van der Waals surface area (Å²) in [6, 6.07) is 13.8. The summed E-state index contributed by atoms with van der Waals surface area (Å²) in [5, 5.41) is 9.59. The van der Waals surface area contributed by atoms with Crippen LogP contribution >= 0.6 is 0 Å². The number of carbonyl (C=O) groups is 2. The number of nitrogens with zero attached hydrogens (tertiary/aromatic N) is 1. The maximum atomic E-state index is 12.5. The molecule has 1 heterocycles. The molecule has 2 aromatic carbocycles. The number of carboxylic acid groups (broad SMARTS) is 1. The molecule has 0 bridgehead atoms. The standard InChI is InChI=1S/C19H19NO4/c1-13-6-8-15(9-7-13)24-12-17(21)20-11-10-14-4-2-3-5-16(14)18(20)19(22)23/h2-9,18H,10-12H2,1H3,(H,22,23). The van der Waals surface area contributed by atoms with Gasteiger partial charge >= 0.3 is 5.97 Å². The van der Waals surface area contributed by atoms with Gasteiger partial charge in [0.25, 0.3) is 5.91 Å². The molecule has 0 radical (unpaired) electrons. The lowest BCUT2D eigenvalue weighted by atomic mass is 9.92. The van der Waals surface area contributed by atoms with Crippen molar-refractivity contribution in [3.05, 3.63) is 65.2 Å². The summed E-state index contributed by atoms with van der Waals surface area (Å²) >= 11 is 0.